The molecule has 0 atom stereocenters. The van der Waals surface area contributed by atoms with Gasteiger partial charge >= 0.3 is 0 Å². The van der Waals surface area contributed by atoms with Gasteiger partial charge < -0.3 is 25.0 Å². The highest BCUT2D eigenvalue weighted by molar-refractivity contribution is 5.86. The second-order valence-corrected chi connectivity index (χ2v) is 6.61. The first-order valence-electron chi connectivity index (χ1n) is 9.94. The number of likely N-dealkylation sites (N-methyl/N-ethyl adjacent to an activating group) is 1. The van der Waals surface area contributed by atoms with Crippen molar-refractivity contribution in [3.05, 3.63) is 53.9 Å². The molecule has 162 valence electrons. The first kappa shape index (κ1) is 23.0. The van der Waals surface area contributed by atoms with Crippen LogP contribution in [0, 0.1) is 0 Å². The summed E-state index contributed by atoms with van der Waals surface area (Å²) in [5.74, 6) is 1.99. The lowest BCUT2D eigenvalue weighted by Gasteiger charge is -2.18. The summed E-state index contributed by atoms with van der Waals surface area (Å²) < 4.78 is 10.6. The summed E-state index contributed by atoms with van der Waals surface area (Å²) in [4.78, 5) is 23.0. The number of nitrogens with zero attached hydrogens (tertiary/aromatic N) is 3. The smallest absolute Gasteiger partial charge is 0.241 e. The maximum Gasteiger partial charge on any atom is 0.241 e. The van der Waals surface area contributed by atoms with Gasteiger partial charge in [-0.1, -0.05) is 6.07 Å². The summed E-state index contributed by atoms with van der Waals surface area (Å²) in [6.07, 6.45) is 2.48. The molecule has 30 heavy (non-hydrogen) atoms. The number of hydrogen-bond acceptors (Lipinski definition) is 5. The molecule has 0 fully saturated rings. The lowest BCUT2D eigenvalue weighted by molar-refractivity contribution is -0.128. The van der Waals surface area contributed by atoms with Crippen molar-refractivity contribution in [3.8, 4) is 11.5 Å². The number of amides is 1. The normalized spacial score (nSPS) is 11.0. The average molecular weight is 414 g/mol. The van der Waals surface area contributed by atoms with Gasteiger partial charge in [0.25, 0.3) is 0 Å². The van der Waals surface area contributed by atoms with Crippen molar-refractivity contribution in [3.63, 3.8) is 0 Å². The van der Waals surface area contributed by atoms with Crippen LogP contribution in [-0.2, 0) is 17.8 Å². The molecule has 0 saturated heterocycles. The monoisotopic (exact) mass is 413 g/mol. The van der Waals surface area contributed by atoms with Crippen molar-refractivity contribution in [2.24, 2.45) is 4.99 Å². The number of nitrogens with one attached hydrogen (secondary N) is 2. The second kappa shape index (κ2) is 12.3. The standard InChI is InChI=1S/C22H31N5O3/c1-5-23-22(25-15-17-9-10-19(29-3)14-20(17)30-4)26-16-21(28)27(2)13-11-18-8-6-7-12-24-18/h6-10,12,14H,5,11,13,15-16H2,1-4H3,(H2,23,25,26). The van der Waals surface area contributed by atoms with Gasteiger partial charge in [0, 0.05) is 50.1 Å². The largest absolute Gasteiger partial charge is 0.497 e. The summed E-state index contributed by atoms with van der Waals surface area (Å²) in [5, 5.41) is 6.25. The molecule has 0 aliphatic heterocycles. The third-order valence-electron chi connectivity index (χ3n) is 4.51. The Hall–Kier alpha value is -3.29. The van der Waals surface area contributed by atoms with Gasteiger partial charge in [0.1, 0.15) is 11.5 Å². The molecule has 0 bridgehead atoms. The molecule has 1 heterocycles. The molecule has 8 heteroatoms. The Labute approximate surface area is 178 Å². The van der Waals surface area contributed by atoms with E-state index in [0.717, 1.165) is 17.0 Å². The van der Waals surface area contributed by atoms with Crippen LogP contribution in [0.2, 0.25) is 0 Å². The van der Waals surface area contributed by atoms with Crippen LogP contribution in [0.4, 0.5) is 0 Å². The number of rotatable bonds is 10. The molecular formula is C22H31N5O3. The Balaban J connectivity index is 1.90. The van der Waals surface area contributed by atoms with Gasteiger partial charge in [0.2, 0.25) is 5.91 Å². The summed E-state index contributed by atoms with van der Waals surface area (Å²) in [7, 11) is 5.02. The molecule has 1 aromatic heterocycles. The SMILES string of the molecule is CCNC(=NCc1ccc(OC)cc1OC)NCC(=O)N(C)CCc1ccccn1. The molecule has 2 aromatic rings. The van der Waals surface area contributed by atoms with Gasteiger partial charge in [-0.25, -0.2) is 4.99 Å². The van der Waals surface area contributed by atoms with E-state index >= 15 is 0 Å². The van der Waals surface area contributed by atoms with E-state index in [9.17, 15) is 4.79 Å². The summed E-state index contributed by atoms with van der Waals surface area (Å²) in [6, 6.07) is 11.4. The minimum absolute atomic E-state index is 0.0152. The quantitative estimate of drug-likeness (QED) is 0.457. The third-order valence-corrected chi connectivity index (χ3v) is 4.51. The van der Waals surface area contributed by atoms with E-state index in [1.165, 1.54) is 0 Å². The Morgan fingerprint density at radius 1 is 1.17 bits per heavy atom. The highest BCUT2D eigenvalue weighted by Crippen LogP contribution is 2.25. The highest BCUT2D eigenvalue weighted by Gasteiger charge is 2.10. The topological polar surface area (TPSA) is 88.1 Å². The highest BCUT2D eigenvalue weighted by atomic mass is 16.5. The van der Waals surface area contributed by atoms with Gasteiger partial charge in [-0.15, -0.1) is 0 Å². The molecule has 2 rings (SSSR count). The predicted octanol–water partition coefficient (Wildman–Crippen LogP) is 1.85. The fraction of sp³-hybridized carbons (Fsp3) is 0.409. The van der Waals surface area contributed by atoms with Crippen LogP contribution >= 0.6 is 0 Å². The van der Waals surface area contributed by atoms with Crippen molar-refractivity contribution >= 4 is 11.9 Å². The number of aliphatic imine (C=N–C) groups is 1. The molecule has 0 saturated carbocycles. The fourth-order valence-corrected chi connectivity index (χ4v) is 2.74. The van der Waals surface area contributed by atoms with Crippen LogP contribution < -0.4 is 20.1 Å². The van der Waals surface area contributed by atoms with Gasteiger partial charge in [-0.2, -0.15) is 0 Å². The van der Waals surface area contributed by atoms with E-state index in [2.05, 4.69) is 20.6 Å². The van der Waals surface area contributed by atoms with E-state index in [1.807, 2.05) is 43.3 Å². The van der Waals surface area contributed by atoms with Crippen molar-refractivity contribution in [2.45, 2.75) is 19.9 Å². The van der Waals surface area contributed by atoms with E-state index < -0.39 is 0 Å². The zero-order chi connectivity index (χ0) is 21.8. The number of hydrogen-bond donors (Lipinski definition) is 2. The van der Waals surface area contributed by atoms with E-state index in [0.29, 0.717) is 37.8 Å². The minimum atomic E-state index is -0.0152. The molecule has 8 nitrogen and oxygen atoms in total. The van der Waals surface area contributed by atoms with E-state index in [4.69, 9.17) is 9.47 Å². The van der Waals surface area contributed by atoms with Crippen molar-refractivity contribution in [1.29, 1.82) is 0 Å². The Kier molecular flexibility index (Phi) is 9.44. The third kappa shape index (κ3) is 7.27. The molecule has 1 aromatic carbocycles. The Morgan fingerprint density at radius 2 is 2.00 bits per heavy atom. The molecule has 0 radical (unpaired) electrons. The summed E-state index contributed by atoms with van der Waals surface area (Å²) in [6.45, 7) is 3.84. The van der Waals surface area contributed by atoms with Gasteiger partial charge in [-0.3, -0.25) is 9.78 Å². The molecular weight excluding hydrogens is 382 g/mol. The molecule has 0 aliphatic carbocycles. The molecule has 0 aliphatic rings. The van der Waals surface area contributed by atoms with Crippen LogP contribution in [0.5, 0.6) is 11.5 Å². The fourth-order valence-electron chi connectivity index (χ4n) is 2.74. The number of aromatic nitrogens is 1. The number of methoxy groups -OCH3 is 2. The van der Waals surface area contributed by atoms with E-state index in [1.54, 1.807) is 32.4 Å². The van der Waals surface area contributed by atoms with Crippen LogP contribution in [0.3, 0.4) is 0 Å². The van der Waals surface area contributed by atoms with Gasteiger partial charge in [-0.05, 0) is 31.2 Å². The van der Waals surface area contributed by atoms with Gasteiger partial charge in [0.05, 0.1) is 27.3 Å². The van der Waals surface area contributed by atoms with Gasteiger partial charge in [0.15, 0.2) is 5.96 Å². The lowest BCUT2D eigenvalue weighted by atomic mass is 10.2. The molecule has 0 spiro atoms. The maximum atomic E-state index is 12.4. The zero-order valence-electron chi connectivity index (χ0n) is 18.1. The minimum Gasteiger partial charge on any atom is -0.497 e. The zero-order valence-corrected chi connectivity index (χ0v) is 18.1. The predicted molar refractivity (Wildman–Crippen MR) is 118 cm³/mol. The van der Waals surface area contributed by atoms with Crippen molar-refractivity contribution in [2.75, 3.05) is 40.9 Å². The number of guanidine groups is 1. The summed E-state index contributed by atoms with van der Waals surface area (Å²) >= 11 is 0. The first-order chi connectivity index (χ1) is 14.6. The van der Waals surface area contributed by atoms with Crippen LogP contribution in [0.1, 0.15) is 18.2 Å². The molecule has 2 N–H and O–H groups in total. The summed E-state index contributed by atoms with van der Waals surface area (Å²) in [5.41, 5.74) is 1.89. The molecule has 0 unspecified atom stereocenters. The van der Waals surface area contributed by atoms with Crippen LogP contribution in [-0.4, -0.2) is 62.7 Å². The second-order valence-electron chi connectivity index (χ2n) is 6.61. The average Bonchev–Trinajstić information content (AvgIpc) is 2.79. The number of carbonyl (C=O) groups excluding carboxylic acids is 1. The van der Waals surface area contributed by atoms with Crippen molar-refractivity contribution in [1.82, 2.24) is 20.5 Å². The maximum absolute atomic E-state index is 12.4. The number of ether oxygens (including phenoxy) is 2. The number of benzene rings is 1. The first-order valence-corrected chi connectivity index (χ1v) is 9.94. The Bertz CT molecular complexity index is 827. The molecule has 1 amide bonds. The van der Waals surface area contributed by atoms with E-state index in [-0.39, 0.29) is 12.5 Å². The number of pyridine rings is 1. The Morgan fingerprint density at radius 3 is 2.67 bits per heavy atom. The van der Waals surface area contributed by atoms with Crippen molar-refractivity contribution < 1.29 is 14.3 Å². The number of carbonyl (C=O) groups is 1. The lowest BCUT2D eigenvalue weighted by Crippen LogP contribution is -2.44. The van der Waals surface area contributed by atoms with Crippen LogP contribution in [0.15, 0.2) is 47.6 Å². The van der Waals surface area contributed by atoms with Crippen LogP contribution in [0.25, 0.3) is 0 Å².